The molecule has 242 valence electrons. The molecule has 2 aromatic rings. The number of rotatable bonds is 13. The van der Waals surface area contributed by atoms with Gasteiger partial charge in [-0.1, -0.05) is 71.6 Å². The number of thioether (sulfide) groups is 1. The van der Waals surface area contributed by atoms with E-state index in [0.29, 0.717) is 24.9 Å². The van der Waals surface area contributed by atoms with Gasteiger partial charge in [0.25, 0.3) is 0 Å². The molecular weight excluding hydrogens is 573 g/mol. The van der Waals surface area contributed by atoms with Crippen molar-refractivity contribution >= 4 is 27.5 Å². The Morgan fingerprint density at radius 1 is 0.907 bits per heavy atom. The monoisotopic (exact) mass is 630 g/mol. The van der Waals surface area contributed by atoms with E-state index in [0.717, 1.165) is 5.75 Å². The molecule has 0 bridgehead atoms. The minimum atomic E-state index is -3.32. The molecule has 0 spiro atoms. The van der Waals surface area contributed by atoms with E-state index in [2.05, 4.69) is 88.5 Å². The van der Waals surface area contributed by atoms with Crippen molar-refractivity contribution in [3.8, 4) is 31.4 Å². The zero-order valence-electron chi connectivity index (χ0n) is 27.7. The Balaban J connectivity index is 0. The highest BCUT2D eigenvalue weighted by Gasteiger charge is 2.31. The van der Waals surface area contributed by atoms with E-state index in [1.165, 1.54) is 67.7 Å². The number of unbranched alkanes of at least 4 members (excludes halogenated alkanes) is 3. The quantitative estimate of drug-likeness (QED) is 0.177. The fraction of sp³-hybridized carbons (Fsp3) is 0.556. The van der Waals surface area contributed by atoms with Gasteiger partial charge in [0.05, 0.1) is 12.4 Å². The first-order valence-corrected chi connectivity index (χ1v) is 18.2. The first kappa shape index (κ1) is 42.6. The van der Waals surface area contributed by atoms with E-state index >= 15 is 0 Å². The summed E-state index contributed by atoms with van der Waals surface area (Å²) in [7, 11) is 0.950. The second kappa shape index (κ2) is 25.9. The molecule has 0 amide bonds. The molecule has 0 radical (unpaired) electrons. The van der Waals surface area contributed by atoms with Crippen LogP contribution in [0.4, 0.5) is 5.69 Å². The highest BCUT2D eigenvalue weighted by atomic mass is 32.2. The van der Waals surface area contributed by atoms with Crippen molar-refractivity contribution in [1.82, 2.24) is 0 Å². The molecule has 0 saturated carbocycles. The third-order valence-corrected chi connectivity index (χ3v) is 9.30. The molecule has 43 heavy (non-hydrogen) atoms. The van der Waals surface area contributed by atoms with Gasteiger partial charge in [-0.25, -0.2) is 13.6 Å². The van der Waals surface area contributed by atoms with Crippen LogP contribution < -0.4 is 14.8 Å². The Hall–Kier alpha value is -2.58. The number of hydrogen-bond donors (Lipinski definition) is 1. The van der Waals surface area contributed by atoms with Crippen molar-refractivity contribution in [2.24, 2.45) is 10.6 Å². The van der Waals surface area contributed by atoms with E-state index in [1.807, 2.05) is 44.2 Å². The van der Waals surface area contributed by atoms with Crippen LogP contribution in [0.2, 0.25) is 0 Å². The zero-order valence-corrected chi connectivity index (χ0v) is 29.3. The standard InChI is InChI=1S/C20H33NS.C10H15NO3S.C2H6.2C2H2/c1-5-7-12-20(13-8-6-2)14-11-17-15-18(21(3)4)9-10-19(17)22-16-20;11-15(12,13)9-5-4-8-14-10-6-2-1-3-7-10;3*1-2/h9-10,15H,5-8,11-14,16H2,1-4H3;1-3,6-7H,4-5,8-9H2,(H2,11,12,13);1-2H3;2*1-2H. The number of nitrogens with zero attached hydrogens (tertiary/aromatic N) is 1. The van der Waals surface area contributed by atoms with Crippen LogP contribution >= 0.6 is 11.8 Å². The first-order chi connectivity index (χ1) is 20.7. The maximum atomic E-state index is 10.6. The molecule has 3 rings (SSSR count). The SMILES string of the molecule is C#C.C#C.CC.CCCCC1(CCCC)CCc2cc(N(C)C)ccc2SC1.NS(=O)(=O)CCCCOc1ccccc1. The predicted molar refractivity (Wildman–Crippen MR) is 192 cm³/mol. The van der Waals surface area contributed by atoms with Crippen molar-refractivity contribution in [3.05, 3.63) is 54.1 Å². The van der Waals surface area contributed by atoms with Crippen LogP contribution in [0.25, 0.3) is 0 Å². The van der Waals surface area contributed by atoms with E-state index in [9.17, 15) is 8.42 Å². The summed E-state index contributed by atoms with van der Waals surface area (Å²) in [5.41, 5.74) is 3.49. The Morgan fingerprint density at radius 2 is 1.49 bits per heavy atom. The van der Waals surface area contributed by atoms with Gasteiger partial charge in [-0.2, -0.15) is 0 Å². The molecule has 0 aromatic heterocycles. The van der Waals surface area contributed by atoms with Crippen LogP contribution in [0.15, 0.2) is 53.4 Å². The van der Waals surface area contributed by atoms with E-state index in [4.69, 9.17) is 9.88 Å². The molecule has 1 aliphatic heterocycles. The Bertz CT molecular complexity index is 1080. The van der Waals surface area contributed by atoms with Gasteiger partial charge in [0, 0.05) is 30.4 Å². The maximum absolute atomic E-state index is 10.6. The molecule has 0 atom stereocenters. The number of para-hydroxylation sites is 1. The summed E-state index contributed by atoms with van der Waals surface area (Å²) in [5, 5.41) is 4.86. The average Bonchev–Trinajstić information content (AvgIpc) is 3.21. The van der Waals surface area contributed by atoms with E-state index in [1.54, 1.807) is 5.56 Å². The van der Waals surface area contributed by atoms with Crippen LogP contribution in [0.3, 0.4) is 0 Å². The summed E-state index contributed by atoms with van der Waals surface area (Å²) in [5.74, 6) is 2.14. The lowest BCUT2D eigenvalue weighted by Crippen LogP contribution is -2.24. The Kier molecular flexibility index (Phi) is 25.6. The number of anilines is 1. The molecule has 0 saturated heterocycles. The first-order valence-electron chi connectivity index (χ1n) is 15.5. The van der Waals surface area contributed by atoms with Gasteiger partial charge in [-0.3, -0.25) is 0 Å². The number of benzene rings is 2. The number of hydrogen-bond acceptors (Lipinski definition) is 5. The number of terminal acetylenes is 2. The minimum Gasteiger partial charge on any atom is -0.494 e. The summed E-state index contributed by atoms with van der Waals surface area (Å²) in [4.78, 5) is 3.75. The predicted octanol–water partition coefficient (Wildman–Crippen LogP) is 8.82. The molecule has 0 fully saturated rings. The summed E-state index contributed by atoms with van der Waals surface area (Å²) in [6.07, 6.45) is 28.1. The Morgan fingerprint density at radius 3 is 2.00 bits per heavy atom. The van der Waals surface area contributed by atoms with Gasteiger partial charge in [0.15, 0.2) is 0 Å². The van der Waals surface area contributed by atoms with Crippen molar-refractivity contribution in [3.63, 3.8) is 0 Å². The lowest BCUT2D eigenvalue weighted by Gasteiger charge is -2.32. The lowest BCUT2D eigenvalue weighted by molar-refractivity contribution is 0.244. The number of aryl methyl sites for hydroxylation is 1. The van der Waals surface area contributed by atoms with Gasteiger partial charge in [0.2, 0.25) is 10.0 Å². The number of ether oxygens (including phenoxy) is 1. The topological polar surface area (TPSA) is 72.6 Å². The average molecular weight is 631 g/mol. The highest BCUT2D eigenvalue weighted by molar-refractivity contribution is 7.99. The molecule has 0 aliphatic carbocycles. The van der Waals surface area contributed by atoms with Gasteiger partial charge < -0.3 is 9.64 Å². The smallest absolute Gasteiger partial charge is 0.209 e. The highest BCUT2D eigenvalue weighted by Crippen LogP contribution is 2.45. The van der Waals surface area contributed by atoms with E-state index < -0.39 is 10.0 Å². The summed E-state index contributed by atoms with van der Waals surface area (Å²) >= 11 is 2.12. The second-order valence-electron chi connectivity index (χ2n) is 10.4. The number of nitrogens with two attached hydrogens (primary N) is 1. The molecule has 0 unspecified atom stereocenters. The number of fused-ring (bicyclic) bond motifs is 1. The second-order valence-corrected chi connectivity index (χ2v) is 13.2. The molecular formula is C36H58N2O3S2. The molecule has 7 heteroatoms. The number of primary sulfonamides is 1. The van der Waals surface area contributed by atoms with E-state index in [-0.39, 0.29) is 5.75 Å². The van der Waals surface area contributed by atoms with Gasteiger partial charge in [0.1, 0.15) is 5.75 Å². The normalized spacial score (nSPS) is 12.8. The summed E-state index contributed by atoms with van der Waals surface area (Å²) < 4.78 is 26.6. The van der Waals surface area contributed by atoms with Gasteiger partial charge >= 0.3 is 0 Å². The molecule has 5 nitrogen and oxygen atoms in total. The largest absolute Gasteiger partial charge is 0.494 e. The maximum Gasteiger partial charge on any atom is 0.209 e. The zero-order chi connectivity index (χ0) is 33.2. The molecule has 1 heterocycles. The number of sulfonamides is 1. The van der Waals surface area contributed by atoms with Crippen LogP contribution in [0.5, 0.6) is 5.75 Å². The van der Waals surface area contributed by atoms with Crippen LogP contribution in [0.1, 0.15) is 91.0 Å². The van der Waals surface area contributed by atoms with Gasteiger partial charge in [-0.05, 0) is 79.8 Å². The van der Waals surface area contributed by atoms with Crippen molar-refractivity contribution in [2.75, 3.05) is 37.1 Å². The van der Waals surface area contributed by atoms with Crippen molar-refractivity contribution < 1.29 is 13.2 Å². The molecule has 2 aromatic carbocycles. The third-order valence-electron chi connectivity index (χ3n) is 6.98. The fourth-order valence-electron chi connectivity index (χ4n) is 4.62. The summed E-state index contributed by atoms with van der Waals surface area (Å²) in [6.45, 7) is 9.17. The Labute approximate surface area is 269 Å². The van der Waals surface area contributed by atoms with Crippen LogP contribution in [-0.4, -0.2) is 40.6 Å². The third kappa shape index (κ3) is 19.3. The molecule has 1 aliphatic rings. The lowest BCUT2D eigenvalue weighted by atomic mass is 9.75. The minimum absolute atomic E-state index is 0.0190. The fourth-order valence-corrected chi connectivity index (χ4v) is 6.63. The summed E-state index contributed by atoms with van der Waals surface area (Å²) in [6, 6.07) is 16.5. The van der Waals surface area contributed by atoms with Crippen molar-refractivity contribution in [1.29, 1.82) is 0 Å². The molecule has 2 N–H and O–H groups in total. The van der Waals surface area contributed by atoms with Gasteiger partial charge in [-0.15, -0.1) is 37.5 Å². The van der Waals surface area contributed by atoms with Crippen molar-refractivity contribution in [2.45, 2.75) is 96.8 Å². The van der Waals surface area contributed by atoms with Crippen LogP contribution in [0, 0.1) is 31.1 Å². The van der Waals surface area contributed by atoms with Crippen LogP contribution in [-0.2, 0) is 16.4 Å².